The van der Waals surface area contributed by atoms with Gasteiger partial charge in [0, 0.05) is 18.2 Å². The number of anilines is 1. The van der Waals surface area contributed by atoms with E-state index in [4.69, 9.17) is 9.47 Å². The monoisotopic (exact) mass is 375 g/mol. The molecule has 9 nitrogen and oxygen atoms in total. The van der Waals surface area contributed by atoms with Crippen molar-refractivity contribution in [2.24, 2.45) is 0 Å². The molecule has 1 aliphatic carbocycles. The number of hydrogen-bond acceptors (Lipinski definition) is 6. The number of imide groups is 1. The van der Waals surface area contributed by atoms with E-state index in [0.717, 1.165) is 24.1 Å². The highest BCUT2D eigenvalue weighted by atomic mass is 16.6. The Labute approximate surface area is 155 Å². The lowest BCUT2D eigenvalue weighted by Gasteiger charge is -2.18. The Morgan fingerprint density at radius 1 is 1.26 bits per heavy atom. The van der Waals surface area contributed by atoms with Gasteiger partial charge in [0.1, 0.15) is 5.75 Å². The summed E-state index contributed by atoms with van der Waals surface area (Å²) in [5.74, 6) is -1.00. The lowest BCUT2D eigenvalue weighted by atomic mass is 10.0. The van der Waals surface area contributed by atoms with Crippen LogP contribution >= 0.6 is 0 Å². The van der Waals surface area contributed by atoms with Crippen LogP contribution in [0.5, 0.6) is 5.75 Å². The van der Waals surface area contributed by atoms with Crippen molar-refractivity contribution in [1.82, 2.24) is 10.6 Å². The van der Waals surface area contributed by atoms with Crippen LogP contribution in [0.4, 0.5) is 10.5 Å². The first-order valence-electron chi connectivity index (χ1n) is 8.77. The Morgan fingerprint density at radius 3 is 2.78 bits per heavy atom. The molecule has 9 heteroatoms. The highest BCUT2D eigenvalue weighted by molar-refractivity contribution is 5.97. The molecule has 0 unspecified atom stereocenters. The maximum atomic E-state index is 11.9. The summed E-state index contributed by atoms with van der Waals surface area (Å²) in [5, 5.41) is 7.49. The number of carbonyl (C=O) groups excluding carboxylic acids is 4. The largest absolute Gasteiger partial charge is 0.482 e. The fourth-order valence-corrected chi connectivity index (χ4v) is 2.54. The molecule has 1 aromatic rings. The van der Waals surface area contributed by atoms with Gasteiger partial charge >= 0.3 is 12.0 Å². The van der Waals surface area contributed by atoms with Crippen molar-refractivity contribution < 1.29 is 28.7 Å². The molecule has 0 bridgehead atoms. The number of hydrogen-bond donors (Lipinski definition) is 3. The minimum atomic E-state index is -1.12. The number of fused-ring (bicyclic) bond motifs is 1. The Bertz CT molecular complexity index is 774. The highest BCUT2D eigenvalue weighted by Crippen LogP contribution is 2.26. The van der Waals surface area contributed by atoms with Gasteiger partial charge in [-0.25, -0.2) is 9.59 Å². The highest BCUT2D eigenvalue weighted by Gasteiger charge is 2.26. The zero-order valence-corrected chi connectivity index (χ0v) is 14.9. The number of benzene rings is 1. The smallest absolute Gasteiger partial charge is 0.344 e. The molecule has 1 atom stereocenters. The molecule has 1 saturated carbocycles. The van der Waals surface area contributed by atoms with Gasteiger partial charge in [0.2, 0.25) is 5.91 Å². The Balaban J connectivity index is 1.42. The van der Waals surface area contributed by atoms with Crippen molar-refractivity contribution in [2.75, 3.05) is 11.9 Å². The summed E-state index contributed by atoms with van der Waals surface area (Å²) in [6.07, 6.45) is 1.68. The van der Waals surface area contributed by atoms with E-state index in [-0.39, 0.29) is 18.6 Å². The zero-order valence-electron chi connectivity index (χ0n) is 14.9. The number of urea groups is 1. The number of amides is 4. The third-order valence-corrected chi connectivity index (χ3v) is 4.16. The Kier molecular flexibility index (Phi) is 5.58. The van der Waals surface area contributed by atoms with E-state index >= 15 is 0 Å². The fourth-order valence-electron chi connectivity index (χ4n) is 2.54. The maximum Gasteiger partial charge on any atom is 0.344 e. The molecular weight excluding hydrogens is 354 g/mol. The third kappa shape index (κ3) is 5.44. The van der Waals surface area contributed by atoms with Gasteiger partial charge in [-0.15, -0.1) is 0 Å². The lowest BCUT2D eigenvalue weighted by molar-refractivity contribution is -0.156. The van der Waals surface area contributed by atoms with E-state index in [2.05, 4.69) is 16.0 Å². The topological polar surface area (TPSA) is 123 Å². The summed E-state index contributed by atoms with van der Waals surface area (Å²) in [7, 11) is 0. The van der Waals surface area contributed by atoms with Crippen molar-refractivity contribution in [1.29, 1.82) is 0 Å². The van der Waals surface area contributed by atoms with Crippen LogP contribution in [0.3, 0.4) is 0 Å². The molecule has 1 fully saturated rings. The van der Waals surface area contributed by atoms with Gasteiger partial charge in [0.25, 0.3) is 5.91 Å². The third-order valence-electron chi connectivity index (χ3n) is 4.16. The van der Waals surface area contributed by atoms with Crippen LogP contribution in [0.1, 0.15) is 31.7 Å². The zero-order chi connectivity index (χ0) is 19.4. The van der Waals surface area contributed by atoms with Crippen molar-refractivity contribution in [3.05, 3.63) is 23.8 Å². The molecule has 0 aromatic heterocycles. The van der Waals surface area contributed by atoms with Crippen molar-refractivity contribution in [2.45, 2.75) is 44.8 Å². The summed E-state index contributed by atoms with van der Waals surface area (Å²) in [6.45, 7) is 0.996. The van der Waals surface area contributed by atoms with E-state index in [1.54, 1.807) is 18.2 Å². The second-order valence-corrected chi connectivity index (χ2v) is 6.52. The molecular formula is C18H21N3O6. The number of aryl methyl sites for hydroxylation is 1. The molecule has 3 N–H and O–H groups in total. The number of esters is 1. The van der Waals surface area contributed by atoms with E-state index < -0.39 is 24.0 Å². The van der Waals surface area contributed by atoms with Gasteiger partial charge in [-0.1, -0.05) is 0 Å². The van der Waals surface area contributed by atoms with Crippen LogP contribution in [-0.2, 0) is 25.5 Å². The average Bonchev–Trinajstić information content (AvgIpc) is 3.43. The van der Waals surface area contributed by atoms with Crippen molar-refractivity contribution in [3.8, 4) is 5.75 Å². The number of carbonyl (C=O) groups is 4. The number of nitrogens with one attached hydrogen (secondary N) is 3. The van der Waals surface area contributed by atoms with Crippen LogP contribution in [0.15, 0.2) is 18.2 Å². The minimum Gasteiger partial charge on any atom is -0.482 e. The van der Waals surface area contributed by atoms with E-state index in [0.29, 0.717) is 18.6 Å². The van der Waals surface area contributed by atoms with E-state index in [1.165, 1.54) is 6.92 Å². The van der Waals surface area contributed by atoms with Crippen LogP contribution in [0.2, 0.25) is 0 Å². The SMILES string of the molecule is C[C@H](OC(=O)COc1ccc2c(c1)CCC(=O)N2)C(=O)NC(=O)NC1CC1. The van der Waals surface area contributed by atoms with Gasteiger partial charge in [0.05, 0.1) is 0 Å². The molecule has 2 aliphatic rings. The Morgan fingerprint density at radius 2 is 2.04 bits per heavy atom. The summed E-state index contributed by atoms with van der Waals surface area (Å²) >= 11 is 0. The van der Waals surface area contributed by atoms with Crippen LogP contribution in [0.25, 0.3) is 0 Å². The van der Waals surface area contributed by atoms with Gasteiger partial charge in [-0.3, -0.25) is 14.9 Å². The van der Waals surface area contributed by atoms with Crippen molar-refractivity contribution >= 4 is 29.5 Å². The fraction of sp³-hybridized carbons (Fsp3) is 0.444. The molecule has 1 aromatic carbocycles. The summed E-state index contributed by atoms with van der Waals surface area (Å²) in [4.78, 5) is 46.5. The molecule has 1 aliphatic heterocycles. The first kappa shape index (κ1) is 18.7. The van der Waals surface area contributed by atoms with Crippen molar-refractivity contribution in [3.63, 3.8) is 0 Å². The molecule has 3 rings (SSSR count). The van der Waals surface area contributed by atoms with Gasteiger partial charge in [0.15, 0.2) is 12.7 Å². The normalized spacial score (nSPS) is 16.4. The summed E-state index contributed by atoms with van der Waals surface area (Å²) < 4.78 is 10.4. The molecule has 1 heterocycles. The van der Waals surface area contributed by atoms with Crippen LogP contribution < -0.4 is 20.7 Å². The predicted octanol–water partition coefficient (Wildman–Crippen LogP) is 0.870. The maximum absolute atomic E-state index is 11.9. The predicted molar refractivity (Wildman–Crippen MR) is 94.1 cm³/mol. The molecule has 144 valence electrons. The first-order valence-corrected chi connectivity index (χ1v) is 8.77. The first-order chi connectivity index (χ1) is 12.9. The van der Waals surface area contributed by atoms with Crippen LogP contribution in [-0.4, -0.2) is 42.6 Å². The van der Waals surface area contributed by atoms with Gasteiger partial charge in [-0.2, -0.15) is 0 Å². The van der Waals surface area contributed by atoms with Gasteiger partial charge < -0.3 is 20.1 Å². The summed E-state index contributed by atoms with van der Waals surface area (Å²) in [5.41, 5.74) is 1.66. The van der Waals surface area contributed by atoms with Gasteiger partial charge in [-0.05, 0) is 49.9 Å². The second-order valence-electron chi connectivity index (χ2n) is 6.52. The summed E-state index contributed by atoms with van der Waals surface area (Å²) in [6, 6.07) is 4.62. The second kappa shape index (κ2) is 8.07. The van der Waals surface area contributed by atoms with E-state index in [1.807, 2.05) is 0 Å². The van der Waals surface area contributed by atoms with Crippen LogP contribution in [0, 0.1) is 0 Å². The molecule has 0 spiro atoms. The standard InChI is InChI=1S/C18H21N3O6/c1-10(17(24)21-18(25)19-12-3-4-12)27-16(23)9-26-13-5-6-14-11(8-13)2-7-15(22)20-14/h5-6,8,10,12H,2-4,7,9H2,1H3,(H,20,22)(H2,19,21,24,25)/t10-/m0/s1. The molecule has 4 amide bonds. The average molecular weight is 375 g/mol. The molecule has 0 radical (unpaired) electrons. The Hall–Kier alpha value is -3.10. The number of ether oxygens (including phenoxy) is 2. The quantitative estimate of drug-likeness (QED) is 0.634. The number of rotatable bonds is 6. The minimum absolute atomic E-state index is 0.0298. The lowest BCUT2D eigenvalue weighted by Crippen LogP contribution is -2.45. The van der Waals surface area contributed by atoms with E-state index in [9.17, 15) is 19.2 Å². The molecule has 27 heavy (non-hydrogen) atoms. The molecule has 0 saturated heterocycles.